The summed E-state index contributed by atoms with van der Waals surface area (Å²) >= 11 is 0. The van der Waals surface area contributed by atoms with Crippen LogP contribution in [0.1, 0.15) is 0 Å². The number of nitrogens with zero attached hydrogens (tertiary/aromatic N) is 3. The topological polar surface area (TPSA) is 76.5 Å². The summed E-state index contributed by atoms with van der Waals surface area (Å²) < 4.78 is 17.5. The molecule has 0 fully saturated rings. The van der Waals surface area contributed by atoms with Crippen LogP contribution in [0, 0.1) is 0 Å². The van der Waals surface area contributed by atoms with E-state index in [2.05, 4.69) is 9.69 Å². The van der Waals surface area contributed by atoms with E-state index >= 15 is 0 Å². The second-order valence-electron chi connectivity index (χ2n) is 1.33. The van der Waals surface area contributed by atoms with Crippen LogP contribution in [0.5, 0.6) is 0 Å². The molecule has 0 saturated carbocycles. The minimum Gasteiger partial charge on any atom is -0.374 e. The Bertz CT molecular complexity index is 134. The van der Waals surface area contributed by atoms with Gasteiger partial charge in [0, 0.05) is 26.2 Å². The largest absolute Gasteiger partial charge is 0.590 e. The molecule has 6 nitrogen and oxygen atoms in total. The molecule has 0 spiro atoms. The van der Waals surface area contributed by atoms with Crippen LogP contribution in [0.15, 0.2) is 4.78 Å². The molecule has 0 aliphatic heterocycles. The molecule has 0 N–H and O–H groups in total. The average Bonchev–Trinajstić information content (AvgIpc) is 2.01. The normalized spacial score (nSPS) is 10.7. The molecule has 0 aromatic carbocycles. The fourth-order valence-corrected chi connectivity index (χ4v) is 1.28. The number of rotatable bonds is 4. The summed E-state index contributed by atoms with van der Waals surface area (Å²) in [5.74, 6) is 0. The zero-order valence-electron chi connectivity index (χ0n) is 6.07. The summed E-state index contributed by atoms with van der Waals surface area (Å²) in [5.41, 5.74) is 8.05. The van der Waals surface area contributed by atoms with Gasteiger partial charge < -0.3 is 13.3 Å². The molecule has 0 amide bonds. The van der Waals surface area contributed by atoms with Crippen molar-refractivity contribution in [3.05, 3.63) is 10.4 Å². The van der Waals surface area contributed by atoms with Crippen LogP contribution in [0.4, 0.5) is 0 Å². The molecular weight excluding hydrogens is 154 g/mol. The van der Waals surface area contributed by atoms with E-state index in [9.17, 15) is 0 Å². The van der Waals surface area contributed by atoms with Gasteiger partial charge in [-0.2, -0.15) is 0 Å². The Kier molecular flexibility index (Phi) is 4.01. The highest BCUT2D eigenvalue weighted by molar-refractivity contribution is 6.58. The monoisotopic (exact) mass is 163 g/mol. The van der Waals surface area contributed by atoms with Crippen LogP contribution < -0.4 is 0 Å². The van der Waals surface area contributed by atoms with Gasteiger partial charge in [-0.15, -0.1) is 0 Å². The first-order valence-electron chi connectivity index (χ1n) is 2.46. The smallest absolute Gasteiger partial charge is 0.374 e. The second kappa shape index (κ2) is 4.26. The predicted octanol–water partition coefficient (Wildman–Crippen LogP) is 0.671. The third-order valence-corrected chi connectivity index (χ3v) is 2.82. The molecule has 58 valence electrons. The van der Waals surface area contributed by atoms with E-state index in [0.29, 0.717) is 0 Å². The van der Waals surface area contributed by atoms with Gasteiger partial charge in [0.15, 0.2) is 0 Å². The summed E-state index contributed by atoms with van der Waals surface area (Å²) in [4.78, 5) is 2.53. The molecule has 0 aromatic rings. The van der Waals surface area contributed by atoms with Crippen molar-refractivity contribution < 1.29 is 13.3 Å². The molecule has 0 radical (unpaired) electrons. The lowest BCUT2D eigenvalue weighted by molar-refractivity contribution is 0.125. The van der Waals surface area contributed by atoms with Crippen molar-refractivity contribution in [1.29, 1.82) is 0 Å². The van der Waals surface area contributed by atoms with E-state index in [0.717, 1.165) is 0 Å². The Morgan fingerprint density at radius 1 is 1.20 bits per heavy atom. The Labute approximate surface area is 59.8 Å². The molecule has 0 atom stereocenters. The number of hydrogen-bond acceptors (Lipinski definition) is 4. The Balaban J connectivity index is 4.29. The van der Waals surface area contributed by atoms with Gasteiger partial charge in [-0.3, -0.25) is 0 Å². The molecular formula is C3H9N3O3Si. The van der Waals surface area contributed by atoms with Crippen LogP contribution in [0.2, 0.25) is 0 Å². The van der Waals surface area contributed by atoms with Gasteiger partial charge in [0.25, 0.3) is 0 Å². The minimum absolute atomic E-state index is 1.37. The third-order valence-electron chi connectivity index (χ3n) is 0.941. The lowest BCUT2D eigenvalue weighted by Crippen LogP contribution is -2.40. The van der Waals surface area contributed by atoms with Gasteiger partial charge in [-0.05, 0) is 10.3 Å². The SMILES string of the molecule is CO[Si](N=[N+]=[N-])(OC)OC. The summed E-state index contributed by atoms with van der Waals surface area (Å²) in [6.45, 7) is 0. The van der Waals surface area contributed by atoms with Gasteiger partial charge in [-0.1, -0.05) is 0 Å². The quantitative estimate of drug-likeness (QED) is 0.264. The highest BCUT2D eigenvalue weighted by atomic mass is 28.4. The molecule has 0 aliphatic carbocycles. The van der Waals surface area contributed by atoms with Crippen molar-refractivity contribution in [3.63, 3.8) is 0 Å². The number of azide groups is 1. The molecule has 0 unspecified atom stereocenters. The maximum Gasteiger partial charge on any atom is 0.590 e. The molecule has 0 saturated heterocycles. The Morgan fingerprint density at radius 2 is 1.60 bits per heavy atom. The van der Waals surface area contributed by atoms with Crippen molar-refractivity contribution in [2.45, 2.75) is 0 Å². The van der Waals surface area contributed by atoms with Gasteiger partial charge in [-0.25, -0.2) is 0 Å². The van der Waals surface area contributed by atoms with Gasteiger partial charge in [0.05, 0.1) is 0 Å². The average molecular weight is 163 g/mol. The summed E-state index contributed by atoms with van der Waals surface area (Å²) in [5, 5.41) is 0. The van der Waals surface area contributed by atoms with E-state index in [-0.39, 0.29) is 0 Å². The van der Waals surface area contributed by atoms with Gasteiger partial charge in [0.1, 0.15) is 0 Å². The molecule has 0 bridgehead atoms. The third kappa shape index (κ3) is 1.98. The van der Waals surface area contributed by atoms with Crippen molar-refractivity contribution >= 4 is 8.97 Å². The maximum absolute atomic E-state index is 8.05. The first kappa shape index (κ1) is 9.41. The fourth-order valence-electron chi connectivity index (χ4n) is 0.427. The zero-order valence-corrected chi connectivity index (χ0v) is 7.07. The minimum atomic E-state index is -3.01. The Hall–Kier alpha value is -0.593. The van der Waals surface area contributed by atoms with Crippen LogP contribution in [0.25, 0.3) is 10.4 Å². The highest BCUT2D eigenvalue weighted by Gasteiger charge is 2.36. The lowest BCUT2D eigenvalue weighted by atomic mass is 11.8. The van der Waals surface area contributed by atoms with E-state index in [1.807, 2.05) is 0 Å². The van der Waals surface area contributed by atoms with Crippen LogP contribution in [-0.4, -0.2) is 30.3 Å². The van der Waals surface area contributed by atoms with Gasteiger partial charge in [0.2, 0.25) is 0 Å². The van der Waals surface area contributed by atoms with Crippen molar-refractivity contribution in [1.82, 2.24) is 0 Å². The van der Waals surface area contributed by atoms with Crippen LogP contribution in [-0.2, 0) is 13.3 Å². The zero-order chi connectivity index (χ0) is 8.04. The Morgan fingerprint density at radius 3 is 1.70 bits per heavy atom. The molecule has 0 heterocycles. The predicted molar refractivity (Wildman–Crippen MR) is 35.9 cm³/mol. The molecule has 7 heteroatoms. The van der Waals surface area contributed by atoms with Crippen LogP contribution >= 0.6 is 0 Å². The second-order valence-corrected chi connectivity index (χ2v) is 3.80. The molecule has 0 aliphatic rings. The number of hydrogen-bond donors (Lipinski definition) is 0. The summed E-state index contributed by atoms with van der Waals surface area (Å²) in [6, 6.07) is 0. The van der Waals surface area contributed by atoms with Crippen molar-refractivity contribution in [2.75, 3.05) is 21.3 Å². The fraction of sp³-hybridized carbons (Fsp3) is 1.00. The van der Waals surface area contributed by atoms with E-state index in [1.165, 1.54) is 21.3 Å². The molecule has 10 heavy (non-hydrogen) atoms. The lowest BCUT2D eigenvalue weighted by Gasteiger charge is -2.17. The van der Waals surface area contributed by atoms with Gasteiger partial charge >= 0.3 is 8.97 Å². The highest BCUT2D eigenvalue weighted by Crippen LogP contribution is 2.06. The van der Waals surface area contributed by atoms with Crippen molar-refractivity contribution in [2.24, 2.45) is 4.78 Å². The van der Waals surface area contributed by atoms with E-state index < -0.39 is 8.97 Å². The molecule has 0 rings (SSSR count). The van der Waals surface area contributed by atoms with Crippen LogP contribution in [0.3, 0.4) is 0 Å². The standard InChI is InChI=1S/C3H9N3O3Si/c1-7-10(8-2,9-3)6-5-4/h1-3H3. The summed E-state index contributed by atoms with van der Waals surface area (Å²) in [7, 11) is 1.10. The first-order valence-corrected chi connectivity index (χ1v) is 4.13. The van der Waals surface area contributed by atoms with E-state index in [4.69, 9.17) is 18.8 Å². The summed E-state index contributed by atoms with van der Waals surface area (Å²) in [6.07, 6.45) is 0. The maximum atomic E-state index is 8.05. The first-order chi connectivity index (χ1) is 4.74. The molecule has 0 aromatic heterocycles. The van der Waals surface area contributed by atoms with Crippen molar-refractivity contribution in [3.8, 4) is 0 Å². The van der Waals surface area contributed by atoms with E-state index in [1.54, 1.807) is 0 Å².